The minimum Gasteiger partial charge on any atom is -0.370 e. The van der Waals surface area contributed by atoms with Gasteiger partial charge in [0.1, 0.15) is 12.4 Å². The average Bonchev–Trinajstić information content (AvgIpc) is 2.48. The van der Waals surface area contributed by atoms with Gasteiger partial charge in [-0.3, -0.25) is 0 Å². The Labute approximate surface area is 84.8 Å². The maximum absolute atomic E-state index is 11.7. The van der Waals surface area contributed by atoms with E-state index in [9.17, 15) is 13.2 Å². The predicted molar refractivity (Wildman–Crippen MR) is 47.0 cm³/mol. The van der Waals surface area contributed by atoms with E-state index in [0.29, 0.717) is 5.82 Å². The van der Waals surface area contributed by atoms with Crippen molar-refractivity contribution >= 4 is 0 Å². The van der Waals surface area contributed by atoms with Gasteiger partial charge in [0.2, 0.25) is 0 Å². The number of aryl methyl sites for hydroxylation is 1. The topological polar surface area (TPSA) is 53.1 Å². The van der Waals surface area contributed by atoms with Gasteiger partial charge in [-0.1, -0.05) is 0 Å². The SMILES string of the molecule is Cn1ccnc1C(N)COCC(F)(F)F. The lowest BCUT2D eigenvalue weighted by Crippen LogP contribution is -2.25. The Morgan fingerprint density at radius 3 is 2.73 bits per heavy atom. The molecule has 1 rings (SSSR count). The molecule has 0 aliphatic rings. The summed E-state index contributed by atoms with van der Waals surface area (Å²) >= 11 is 0. The van der Waals surface area contributed by atoms with Crippen molar-refractivity contribution in [1.29, 1.82) is 0 Å². The van der Waals surface area contributed by atoms with Gasteiger partial charge < -0.3 is 15.0 Å². The quantitative estimate of drug-likeness (QED) is 0.828. The molecule has 0 aromatic carbocycles. The van der Waals surface area contributed by atoms with Crippen molar-refractivity contribution in [3.8, 4) is 0 Å². The number of hydrogen-bond acceptors (Lipinski definition) is 3. The van der Waals surface area contributed by atoms with Crippen LogP contribution in [-0.4, -0.2) is 28.9 Å². The summed E-state index contributed by atoms with van der Waals surface area (Å²) < 4.78 is 41.3. The van der Waals surface area contributed by atoms with E-state index in [2.05, 4.69) is 9.72 Å². The average molecular weight is 223 g/mol. The molecule has 0 spiro atoms. The molecule has 0 amide bonds. The summed E-state index contributed by atoms with van der Waals surface area (Å²) in [5, 5.41) is 0. The third kappa shape index (κ3) is 3.88. The van der Waals surface area contributed by atoms with Gasteiger partial charge in [-0.15, -0.1) is 0 Å². The monoisotopic (exact) mass is 223 g/mol. The molecule has 0 saturated heterocycles. The Hall–Kier alpha value is -1.08. The third-order valence-corrected chi connectivity index (χ3v) is 1.75. The van der Waals surface area contributed by atoms with Crippen LogP contribution in [0.5, 0.6) is 0 Å². The van der Waals surface area contributed by atoms with Crippen LogP contribution in [0, 0.1) is 0 Å². The molecule has 7 heteroatoms. The van der Waals surface area contributed by atoms with E-state index in [4.69, 9.17) is 5.73 Å². The van der Waals surface area contributed by atoms with Gasteiger partial charge in [-0.25, -0.2) is 4.98 Å². The second kappa shape index (κ2) is 4.63. The summed E-state index contributed by atoms with van der Waals surface area (Å²) in [5.74, 6) is 0.497. The fourth-order valence-electron chi connectivity index (χ4n) is 1.11. The summed E-state index contributed by atoms with van der Waals surface area (Å²) in [4.78, 5) is 3.91. The third-order valence-electron chi connectivity index (χ3n) is 1.75. The Morgan fingerprint density at radius 2 is 2.27 bits per heavy atom. The van der Waals surface area contributed by atoms with Crippen molar-refractivity contribution in [2.45, 2.75) is 12.2 Å². The minimum absolute atomic E-state index is 0.204. The zero-order chi connectivity index (χ0) is 11.5. The Balaban J connectivity index is 2.37. The molecule has 86 valence electrons. The maximum atomic E-state index is 11.7. The first kappa shape index (κ1) is 12.0. The van der Waals surface area contributed by atoms with Crippen LogP contribution in [0.4, 0.5) is 13.2 Å². The summed E-state index contributed by atoms with van der Waals surface area (Å²) in [7, 11) is 1.71. The first-order chi connectivity index (χ1) is 6.90. The summed E-state index contributed by atoms with van der Waals surface area (Å²) in [6.07, 6.45) is -1.13. The molecule has 0 radical (unpaired) electrons. The number of nitrogens with two attached hydrogens (primary N) is 1. The van der Waals surface area contributed by atoms with Crippen molar-refractivity contribution in [3.63, 3.8) is 0 Å². The highest BCUT2D eigenvalue weighted by molar-refractivity contribution is 4.97. The fraction of sp³-hybridized carbons (Fsp3) is 0.625. The lowest BCUT2D eigenvalue weighted by molar-refractivity contribution is -0.175. The molecule has 1 unspecified atom stereocenters. The Bertz CT molecular complexity index is 310. The van der Waals surface area contributed by atoms with E-state index < -0.39 is 18.8 Å². The summed E-state index contributed by atoms with van der Waals surface area (Å²) in [6.45, 7) is -1.49. The number of rotatable bonds is 4. The normalized spacial score (nSPS) is 14.2. The largest absolute Gasteiger partial charge is 0.411 e. The molecule has 1 aromatic rings. The number of ether oxygens (including phenoxy) is 1. The van der Waals surface area contributed by atoms with E-state index in [1.165, 1.54) is 6.20 Å². The molecule has 0 fully saturated rings. The molecule has 0 aliphatic heterocycles. The van der Waals surface area contributed by atoms with Crippen LogP contribution in [0.1, 0.15) is 11.9 Å². The van der Waals surface area contributed by atoms with Crippen LogP contribution in [-0.2, 0) is 11.8 Å². The summed E-state index contributed by atoms with van der Waals surface area (Å²) in [5.41, 5.74) is 5.59. The molecule has 0 aliphatic carbocycles. The second-order valence-corrected chi connectivity index (χ2v) is 3.13. The Morgan fingerprint density at radius 1 is 1.60 bits per heavy atom. The van der Waals surface area contributed by atoms with Crippen molar-refractivity contribution in [2.24, 2.45) is 12.8 Å². The highest BCUT2D eigenvalue weighted by Gasteiger charge is 2.28. The highest BCUT2D eigenvalue weighted by Crippen LogP contribution is 2.15. The van der Waals surface area contributed by atoms with Crippen LogP contribution in [0.15, 0.2) is 12.4 Å². The van der Waals surface area contributed by atoms with Gasteiger partial charge in [-0.05, 0) is 0 Å². The van der Waals surface area contributed by atoms with Crippen LogP contribution < -0.4 is 5.73 Å². The van der Waals surface area contributed by atoms with E-state index in [1.807, 2.05) is 0 Å². The number of alkyl halides is 3. The lowest BCUT2D eigenvalue weighted by atomic mass is 10.3. The zero-order valence-electron chi connectivity index (χ0n) is 8.16. The molecule has 4 nitrogen and oxygen atoms in total. The van der Waals surface area contributed by atoms with Gasteiger partial charge in [0.05, 0.1) is 12.6 Å². The zero-order valence-corrected chi connectivity index (χ0v) is 8.16. The molecular formula is C8H12F3N3O. The first-order valence-corrected chi connectivity index (χ1v) is 4.27. The molecule has 0 saturated carbocycles. The molecule has 15 heavy (non-hydrogen) atoms. The Kier molecular flexibility index (Phi) is 3.70. The van der Waals surface area contributed by atoms with Gasteiger partial charge in [-0.2, -0.15) is 13.2 Å². The minimum atomic E-state index is -4.32. The first-order valence-electron chi connectivity index (χ1n) is 4.27. The molecule has 1 aromatic heterocycles. The van der Waals surface area contributed by atoms with Crippen LogP contribution in [0.25, 0.3) is 0 Å². The van der Waals surface area contributed by atoms with Crippen LogP contribution >= 0.6 is 0 Å². The molecular weight excluding hydrogens is 211 g/mol. The highest BCUT2D eigenvalue weighted by atomic mass is 19.4. The maximum Gasteiger partial charge on any atom is 0.411 e. The number of nitrogens with zero attached hydrogens (tertiary/aromatic N) is 2. The standard InChI is InChI=1S/C8H12F3N3O/c1-14-3-2-13-7(14)6(12)4-15-5-8(9,10)11/h2-3,6H,4-5,12H2,1H3. The van der Waals surface area contributed by atoms with Crippen molar-refractivity contribution in [2.75, 3.05) is 13.2 Å². The molecule has 1 heterocycles. The summed E-state index contributed by atoms with van der Waals surface area (Å²) in [6, 6.07) is -0.646. The van der Waals surface area contributed by atoms with Crippen molar-refractivity contribution in [3.05, 3.63) is 18.2 Å². The van der Waals surface area contributed by atoms with Crippen LogP contribution in [0.3, 0.4) is 0 Å². The fourth-order valence-corrected chi connectivity index (χ4v) is 1.11. The number of aromatic nitrogens is 2. The lowest BCUT2D eigenvalue weighted by Gasteiger charge is -2.13. The number of imidazole rings is 1. The van der Waals surface area contributed by atoms with Gasteiger partial charge >= 0.3 is 6.18 Å². The van der Waals surface area contributed by atoms with Gasteiger partial charge in [0.25, 0.3) is 0 Å². The van der Waals surface area contributed by atoms with Crippen molar-refractivity contribution < 1.29 is 17.9 Å². The van der Waals surface area contributed by atoms with Gasteiger partial charge in [0.15, 0.2) is 0 Å². The molecule has 1 atom stereocenters. The second-order valence-electron chi connectivity index (χ2n) is 3.13. The number of halogens is 3. The van der Waals surface area contributed by atoms with E-state index >= 15 is 0 Å². The van der Waals surface area contributed by atoms with Crippen LogP contribution in [0.2, 0.25) is 0 Å². The number of hydrogen-bond donors (Lipinski definition) is 1. The smallest absolute Gasteiger partial charge is 0.370 e. The predicted octanol–water partition coefficient (Wildman–Crippen LogP) is 0.999. The van der Waals surface area contributed by atoms with Crippen molar-refractivity contribution in [1.82, 2.24) is 9.55 Å². The van der Waals surface area contributed by atoms with Gasteiger partial charge in [0, 0.05) is 19.4 Å². The van der Waals surface area contributed by atoms with E-state index in [-0.39, 0.29) is 6.61 Å². The van der Waals surface area contributed by atoms with E-state index in [1.54, 1.807) is 17.8 Å². The van der Waals surface area contributed by atoms with E-state index in [0.717, 1.165) is 0 Å². The molecule has 0 bridgehead atoms. The molecule has 2 N–H and O–H groups in total.